The molecular weight excluding hydrogens is 358 g/mol. The van der Waals surface area contributed by atoms with Crippen molar-refractivity contribution in [2.75, 3.05) is 12.8 Å². The van der Waals surface area contributed by atoms with E-state index in [1.165, 1.54) is 11.8 Å². The van der Waals surface area contributed by atoms with Crippen molar-refractivity contribution in [2.24, 2.45) is 0 Å². The van der Waals surface area contributed by atoms with E-state index in [0.29, 0.717) is 5.75 Å². The van der Waals surface area contributed by atoms with Gasteiger partial charge in [-0.15, -0.1) is 10.2 Å². The molecule has 1 aromatic carbocycles. The fraction of sp³-hybridized carbons (Fsp3) is 0.300. The van der Waals surface area contributed by atoms with Crippen LogP contribution < -0.4 is 0 Å². The zero-order valence-electron chi connectivity index (χ0n) is 15.7. The van der Waals surface area contributed by atoms with E-state index in [0.717, 1.165) is 28.7 Å². The Bertz CT molecular complexity index is 882. The highest BCUT2D eigenvalue weighted by Crippen LogP contribution is 2.25. The van der Waals surface area contributed by atoms with Gasteiger partial charge in [-0.3, -0.25) is 9.78 Å². The maximum Gasteiger partial charge on any atom is 0.233 e. The van der Waals surface area contributed by atoms with E-state index in [2.05, 4.69) is 15.2 Å². The second-order valence-corrected chi connectivity index (χ2v) is 7.11. The molecule has 1 atom stereocenters. The molecule has 7 heteroatoms. The number of thioether (sulfide) groups is 1. The molecule has 2 heterocycles. The molecule has 0 bridgehead atoms. The van der Waals surface area contributed by atoms with Crippen LogP contribution in [0.3, 0.4) is 0 Å². The van der Waals surface area contributed by atoms with E-state index in [1.807, 2.05) is 67.9 Å². The first-order chi connectivity index (χ1) is 13.1. The summed E-state index contributed by atoms with van der Waals surface area (Å²) in [4.78, 5) is 18.5. The minimum Gasteiger partial charge on any atom is -0.338 e. The van der Waals surface area contributed by atoms with Crippen LogP contribution in [0, 0.1) is 0 Å². The number of hydrogen-bond donors (Lipinski definition) is 0. The van der Waals surface area contributed by atoms with E-state index >= 15 is 0 Å². The van der Waals surface area contributed by atoms with Crippen molar-refractivity contribution in [2.45, 2.75) is 31.6 Å². The molecule has 1 amide bonds. The predicted octanol–water partition coefficient (Wildman–Crippen LogP) is 3.67. The molecule has 0 radical (unpaired) electrons. The molecule has 0 N–H and O–H groups in total. The molecule has 0 fully saturated rings. The standard InChI is InChI=1S/C20H23N5OS/c1-4-25-19(17-10-12-21-13-11-17)22-23-20(25)27-14-18(26)24(3)15(2)16-8-6-5-7-9-16/h5-13,15H,4,14H2,1-3H3. The Morgan fingerprint density at radius 1 is 1.15 bits per heavy atom. The lowest BCUT2D eigenvalue weighted by Crippen LogP contribution is -2.31. The van der Waals surface area contributed by atoms with Crippen LogP contribution in [0.25, 0.3) is 11.4 Å². The number of benzene rings is 1. The van der Waals surface area contributed by atoms with E-state index < -0.39 is 0 Å². The molecule has 140 valence electrons. The number of aromatic nitrogens is 4. The summed E-state index contributed by atoms with van der Waals surface area (Å²) < 4.78 is 2.02. The molecule has 27 heavy (non-hydrogen) atoms. The van der Waals surface area contributed by atoms with Gasteiger partial charge in [0.05, 0.1) is 11.8 Å². The van der Waals surface area contributed by atoms with Gasteiger partial charge in [0.25, 0.3) is 0 Å². The van der Waals surface area contributed by atoms with Crippen molar-refractivity contribution >= 4 is 17.7 Å². The van der Waals surface area contributed by atoms with Gasteiger partial charge in [-0.25, -0.2) is 0 Å². The highest BCUT2D eigenvalue weighted by atomic mass is 32.2. The van der Waals surface area contributed by atoms with Gasteiger partial charge in [0.15, 0.2) is 11.0 Å². The minimum atomic E-state index is 0.0238. The van der Waals surface area contributed by atoms with Crippen molar-refractivity contribution in [3.05, 3.63) is 60.4 Å². The van der Waals surface area contributed by atoms with Crippen molar-refractivity contribution in [1.29, 1.82) is 0 Å². The van der Waals surface area contributed by atoms with Crippen LogP contribution in [0.5, 0.6) is 0 Å². The molecule has 3 rings (SSSR count). The highest BCUT2D eigenvalue weighted by Gasteiger charge is 2.19. The zero-order chi connectivity index (χ0) is 19.2. The van der Waals surface area contributed by atoms with Gasteiger partial charge in [-0.1, -0.05) is 42.1 Å². The summed E-state index contributed by atoms with van der Waals surface area (Å²) in [5.41, 5.74) is 2.09. The largest absolute Gasteiger partial charge is 0.338 e. The smallest absolute Gasteiger partial charge is 0.233 e. The normalized spacial score (nSPS) is 12.0. The number of carbonyl (C=O) groups is 1. The third-order valence-electron chi connectivity index (χ3n) is 4.55. The van der Waals surface area contributed by atoms with Crippen LogP contribution in [-0.4, -0.2) is 43.4 Å². The fourth-order valence-corrected chi connectivity index (χ4v) is 3.72. The maximum atomic E-state index is 12.6. The van der Waals surface area contributed by atoms with Gasteiger partial charge >= 0.3 is 0 Å². The molecule has 3 aromatic rings. The number of carbonyl (C=O) groups excluding carboxylic acids is 1. The number of nitrogens with zero attached hydrogens (tertiary/aromatic N) is 5. The van der Waals surface area contributed by atoms with E-state index in [-0.39, 0.29) is 11.9 Å². The van der Waals surface area contributed by atoms with Gasteiger partial charge in [0.1, 0.15) is 0 Å². The minimum absolute atomic E-state index is 0.0238. The lowest BCUT2D eigenvalue weighted by atomic mass is 10.1. The number of hydrogen-bond acceptors (Lipinski definition) is 5. The quantitative estimate of drug-likeness (QED) is 0.584. The first-order valence-electron chi connectivity index (χ1n) is 8.88. The summed E-state index contributed by atoms with van der Waals surface area (Å²) in [5, 5.41) is 9.33. The highest BCUT2D eigenvalue weighted by molar-refractivity contribution is 7.99. The Balaban J connectivity index is 1.68. The summed E-state index contributed by atoms with van der Waals surface area (Å²) in [5.74, 6) is 1.18. The topological polar surface area (TPSA) is 63.9 Å². The average Bonchev–Trinajstić information content (AvgIpc) is 3.15. The Labute approximate surface area is 163 Å². The summed E-state index contributed by atoms with van der Waals surface area (Å²) in [7, 11) is 1.84. The van der Waals surface area contributed by atoms with E-state index in [4.69, 9.17) is 0 Å². The molecule has 0 aliphatic rings. The van der Waals surface area contributed by atoms with Crippen LogP contribution >= 0.6 is 11.8 Å². The Morgan fingerprint density at radius 3 is 2.52 bits per heavy atom. The maximum absolute atomic E-state index is 12.6. The van der Waals surface area contributed by atoms with Gasteiger partial charge in [-0.05, 0) is 31.5 Å². The molecule has 1 unspecified atom stereocenters. The fourth-order valence-electron chi connectivity index (χ4n) is 2.79. The lowest BCUT2D eigenvalue weighted by Gasteiger charge is -2.25. The first kappa shape index (κ1) is 19.1. The van der Waals surface area contributed by atoms with Gasteiger partial charge in [0.2, 0.25) is 5.91 Å². The van der Waals surface area contributed by atoms with Gasteiger partial charge in [-0.2, -0.15) is 0 Å². The van der Waals surface area contributed by atoms with E-state index in [1.54, 1.807) is 17.3 Å². The van der Waals surface area contributed by atoms with Crippen LogP contribution in [0.15, 0.2) is 60.0 Å². The van der Waals surface area contributed by atoms with Gasteiger partial charge in [0, 0.05) is 31.5 Å². The molecule has 2 aromatic heterocycles. The van der Waals surface area contributed by atoms with Crippen LogP contribution in [0.4, 0.5) is 0 Å². The molecule has 0 spiro atoms. The SMILES string of the molecule is CCn1c(SCC(=O)N(C)C(C)c2ccccc2)nnc1-c1ccncc1. The molecule has 0 saturated carbocycles. The van der Waals surface area contributed by atoms with Gasteiger partial charge < -0.3 is 9.47 Å². The van der Waals surface area contributed by atoms with Crippen molar-refractivity contribution < 1.29 is 4.79 Å². The van der Waals surface area contributed by atoms with Crippen LogP contribution in [-0.2, 0) is 11.3 Å². The van der Waals surface area contributed by atoms with Crippen molar-refractivity contribution in [1.82, 2.24) is 24.6 Å². The molecular formula is C20H23N5OS. The Kier molecular flexibility index (Phi) is 6.24. The third-order valence-corrected chi connectivity index (χ3v) is 5.50. The first-order valence-corrected chi connectivity index (χ1v) is 9.87. The average molecular weight is 382 g/mol. The van der Waals surface area contributed by atoms with E-state index in [9.17, 15) is 4.79 Å². The number of amides is 1. The number of rotatable bonds is 7. The predicted molar refractivity (Wildman–Crippen MR) is 107 cm³/mol. The Morgan fingerprint density at radius 2 is 1.85 bits per heavy atom. The second-order valence-electron chi connectivity index (χ2n) is 6.17. The molecule has 0 aliphatic heterocycles. The third kappa shape index (κ3) is 4.36. The van der Waals surface area contributed by atoms with Crippen LogP contribution in [0.2, 0.25) is 0 Å². The molecule has 0 aliphatic carbocycles. The van der Waals surface area contributed by atoms with Crippen LogP contribution in [0.1, 0.15) is 25.5 Å². The Hall–Kier alpha value is -2.67. The monoisotopic (exact) mass is 381 g/mol. The zero-order valence-corrected chi connectivity index (χ0v) is 16.6. The summed E-state index contributed by atoms with van der Waals surface area (Å²) in [6, 6.07) is 13.9. The second kappa shape index (κ2) is 8.81. The van der Waals surface area contributed by atoms with Crippen molar-refractivity contribution in [3.63, 3.8) is 0 Å². The number of pyridine rings is 1. The summed E-state index contributed by atoms with van der Waals surface area (Å²) >= 11 is 1.42. The molecule has 0 saturated heterocycles. The molecule has 6 nitrogen and oxygen atoms in total. The van der Waals surface area contributed by atoms with Crippen molar-refractivity contribution in [3.8, 4) is 11.4 Å². The summed E-state index contributed by atoms with van der Waals surface area (Å²) in [6.07, 6.45) is 3.47. The lowest BCUT2D eigenvalue weighted by molar-refractivity contribution is -0.128. The summed E-state index contributed by atoms with van der Waals surface area (Å²) in [6.45, 7) is 4.81.